The number of halogens is 3. The van der Waals surface area contributed by atoms with Crippen molar-refractivity contribution in [1.82, 2.24) is 0 Å². The van der Waals surface area contributed by atoms with Crippen LogP contribution in [-0.4, -0.2) is 16.4 Å². The third-order valence-electron chi connectivity index (χ3n) is 4.46. The fourth-order valence-corrected chi connectivity index (χ4v) is 3.14. The number of aliphatic hydroxyl groups is 2. The Morgan fingerprint density at radius 2 is 1.00 bits per heavy atom. The average Bonchev–Trinajstić information content (AvgIpc) is 2.72. The second-order valence-corrected chi connectivity index (χ2v) is 6.32. The van der Waals surface area contributed by atoms with Gasteiger partial charge in [-0.1, -0.05) is 91.0 Å². The molecule has 3 aromatic rings. The third-order valence-corrected chi connectivity index (χ3v) is 4.46. The van der Waals surface area contributed by atoms with Crippen molar-refractivity contribution in [3.63, 3.8) is 0 Å². The topological polar surface area (TPSA) is 40.5 Å². The number of rotatable bonds is 5. The van der Waals surface area contributed by atoms with Crippen LogP contribution in [0.1, 0.15) is 28.9 Å². The van der Waals surface area contributed by atoms with Crippen molar-refractivity contribution in [3.05, 3.63) is 113 Å². The van der Waals surface area contributed by atoms with Gasteiger partial charge in [-0.05, 0) is 16.7 Å². The summed E-state index contributed by atoms with van der Waals surface area (Å²) >= 11 is 0. The molecule has 0 amide bonds. The predicted molar refractivity (Wildman–Crippen MR) is 102 cm³/mol. The Bertz CT molecular complexity index is 920. The molecule has 3 aromatic carbocycles. The molecule has 0 radical (unpaired) electrons. The van der Waals surface area contributed by atoms with Gasteiger partial charge in [0.1, 0.15) is 12.2 Å². The lowest BCUT2D eigenvalue weighted by molar-refractivity contribution is -0.106. The van der Waals surface area contributed by atoms with Crippen molar-refractivity contribution in [2.45, 2.75) is 18.4 Å². The molecule has 2 unspecified atom stereocenters. The summed E-state index contributed by atoms with van der Waals surface area (Å²) in [5.41, 5.74) is -0.940. The van der Waals surface area contributed by atoms with Crippen molar-refractivity contribution in [2.75, 3.05) is 0 Å². The van der Waals surface area contributed by atoms with Crippen LogP contribution >= 0.6 is 0 Å². The molecule has 3 rings (SSSR count). The molecule has 0 saturated heterocycles. The van der Waals surface area contributed by atoms with E-state index in [0.29, 0.717) is 5.56 Å². The zero-order valence-corrected chi connectivity index (χ0v) is 14.8. The van der Waals surface area contributed by atoms with Crippen molar-refractivity contribution < 1.29 is 23.4 Å². The summed E-state index contributed by atoms with van der Waals surface area (Å²) in [6, 6.07) is 23.6. The standard InChI is InChI=1S/C23H19F3O2/c24-23(25,26)20(22(28)18-14-8-3-9-15-18)19(16-10-4-1-5-11-16)21(27)17-12-6-2-7-13-17/h1-15,21-22,27-28H/b20-19-. The molecule has 5 heteroatoms. The zero-order valence-electron chi connectivity index (χ0n) is 14.8. The smallest absolute Gasteiger partial charge is 0.384 e. The molecule has 0 fully saturated rings. The molecule has 0 spiro atoms. The highest BCUT2D eigenvalue weighted by Crippen LogP contribution is 2.45. The summed E-state index contributed by atoms with van der Waals surface area (Å²) in [5, 5.41) is 21.5. The van der Waals surface area contributed by atoms with Crippen LogP contribution in [0.25, 0.3) is 5.57 Å². The first-order valence-electron chi connectivity index (χ1n) is 8.72. The number of hydrogen-bond donors (Lipinski definition) is 2. The maximum Gasteiger partial charge on any atom is 0.415 e. The monoisotopic (exact) mass is 384 g/mol. The first-order valence-corrected chi connectivity index (χ1v) is 8.72. The van der Waals surface area contributed by atoms with Gasteiger partial charge in [0.25, 0.3) is 0 Å². The Kier molecular flexibility index (Phi) is 5.97. The average molecular weight is 384 g/mol. The summed E-state index contributed by atoms with van der Waals surface area (Å²) in [7, 11) is 0. The first kappa shape index (κ1) is 19.9. The molecule has 0 heterocycles. The summed E-state index contributed by atoms with van der Waals surface area (Å²) < 4.78 is 42.4. The Labute approximate surface area is 161 Å². The maximum atomic E-state index is 14.1. The number of alkyl halides is 3. The lowest BCUT2D eigenvalue weighted by Crippen LogP contribution is -2.23. The fourth-order valence-electron chi connectivity index (χ4n) is 3.14. The van der Waals surface area contributed by atoms with E-state index in [-0.39, 0.29) is 16.7 Å². The minimum Gasteiger partial charge on any atom is -0.384 e. The van der Waals surface area contributed by atoms with Gasteiger partial charge in [-0.2, -0.15) is 13.2 Å². The normalized spacial score (nSPS) is 14.9. The summed E-state index contributed by atoms with van der Waals surface area (Å²) in [5.74, 6) is 0. The van der Waals surface area contributed by atoms with E-state index in [0.717, 1.165) is 0 Å². The van der Waals surface area contributed by atoms with Gasteiger partial charge >= 0.3 is 6.18 Å². The van der Waals surface area contributed by atoms with Crippen LogP contribution in [0.3, 0.4) is 0 Å². The lowest BCUT2D eigenvalue weighted by Gasteiger charge is -2.26. The largest absolute Gasteiger partial charge is 0.415 e. The van der Waals surface area contributed by atoms with Gasteiger partial charge < -0.3 is 10.2 Å². The number of benzene rings is 3. The van der Waals surface area contributed by atoms with Gasteiger partial charge in [0.05, 0.1) is 5.57 Å². The highest BCUT2D eigenvalue weighted by Gasteiger charge is 2.43. The van der Waals surface area contributed by atoms with E-state index < -0.39 is 24.0 Å². The van der Waals surface area contributed by atoms with E-state index in [1.807, 2.05) is 0 Å². The molecule has 0 aliphatic rings. The molecule has 0 aliphatic carbocycles. The van der Waals surface area contributed by atoms with Crippen LogP contribution in [0.5, 0.6) is 0 Å². The van der Waals surface area contributed by atoms with Crippen LogP contribution in [0.2, 0.25) is 0 Å². The number of hydrogen-bond acceptors (Lipinski definition) is 2. The molecular formula is C23H19F3O2. The second-order valence-electron chi connectivity index (χ2n) is 6.32. The van der Waals surface area contributed by atoms with Gasteiger partial charge in [0, 0.05) is 5.57 Å². The van der Waals surface area contributed by atoms with Gasteiger partial charge in [-0.25, -0.2) is 0 Å². The molecule has 0 bridgehead atoms. The van der Waals surface area contributed by atoms with E-state index in [2.05, 4.69) is 0 Å². The highest BCUT2D eigenvalue weighted by atomic mass is 19.4. The van der Waals surface area contributed by atoms with Gasteiger partial charge in [0.15, 0.2) is 0 Å². The van der Waals surface area contributed by atoms with Gasteiger partial charge in [-0.3, -0.25) is 0 Å². The van der Waals surface area contributed by atoms with E-state index >= 15 is 0 Å². The van der Waals surface area contributed by atoms with E-state index in [1.54, 1.807) is 66.7 Å². The lowest BCUT2D eigenvalue weighted by atomic mass is 9.86. The SMILES string of the molecule is OC(/C(=C(/C(O)c1ccccc1)C(F)(F)F)c1ccccc1)c1ccccc1. The van der Waals surface area contributed by atoms with Crippen LogP contribution in [0.15, 0.2) is 96.6 Å². The summed E-state index contributed by atoms with van der Waals surface area (Å²) in [6.07, 6.45) is -8.34. The van der Waals surface area contributed by atoms with Crippen LogP contribution in [0.4, 0.5) is 13.2 Å². The minimum absolute atomic E-state index is 0.100. The third kappa shape index (κ3) is 4.32. The predicted octanol–water partition coefficient (Wildman–Crippen LogP) is 5.47. The van der Waals surface area contributed by atoms with Crippen molar-refractivity contribution in [1.29, 1.82) is 0 Å². The van der Waals surface area contributed by atoms with Crippen molar-refractivity contribution >= 4 is 5.57 Å². The van der Waals surface area contributed by atoms with E-state index in [1.165, 1.54) is 24.3 Å². The fraction of sp³-hybridized carbons (Fsp3) is 0.130. The van der Waals surface area contributed by atoms with Crippen LogP contribution in [-0.2, 0) is 0 Å². The molecule has 0 aliphatic heterocycles. The van der Waals surface area contributed by atoms with Crippen LogP contribution in [0, 0.1) is 0 Å². The molecule has 2 nitrogen and oxygen atoms in total. The molecule has 144 valence electrons. The second kappa shape index (κ2) is 8.42. The van der Waals surface area contributed by atoms with Crippen molar-refractivity contribution in [3.8, 4) is 0 Å². The summed E-state index contributed by atoms with van der Waals surface area (Å²) in [4.78, 5) is 0. The Balaban J connectivity index is 2.27. The zero-order chi connectivity index (χ0) is 20.1. The maximum absolute atomic E-state index is 14.1. The number of aliphatic hydroxyl groups excluding tert-OH is 2. The van der Waals surface area contributed by atoms with Gasteiger partial charge in [-0.15, -0.1) is 0 Å². The van der Waals surface area contributed by atoms with E-state index in [4.69, 9.17) is 0 Å². The van der Waals surface area contributed by atoms with E-state index in [9.17, 15) is 23.4 Å². The quantitative estimate of drug-likeness (QED) is 0.612. The molecule has 0 saturated carbocycles. The molecule has 2 N–H and O–H groups in total. The molecular weight excluding hydrogens is 365 g/mol. The molecule has 28 heavy (non-hydrogen) atoms. The highest BCUT2D eigenvalue weighted by molar-refractivity contribution is 5.75. The minimum atomic E-state index is -4.85. The Hall–Kier alpha value is -2.89. The molecule has 2 atom stereocenters. The Morgan fingerprint density at radius 3 is 1.43 bits per heavy atom. The Morgan fingerprint density at radius 1 is 0.607 bits per heavy atom. The first-order chi connectivity index (χ1) is 13.4. The summed E-state index contributed by atoms with van der Waals surface area (Å²) in [6.45, 7) is 0. The van der Waals surface area contributed by atoms with Crippen LogP contribution < -0.4 is 0 Å². The molecule has 0 aromatic heterocycles. The van der Waals surface area contributed by atoms with Gasteiger partial charge in [0.2, 0.25) is 0 Å². The van der Waals surface area contributed by atoms with Crippen molar-refractivity contribution in [2.24, 2.45) is 0 Å².